The van der Waals surface area contributed by atoms with Crippen molar-refractivity contribution in [3.63, 3.8) is 0 Å². The highest BCUT2D eigenvalue weighted by Gasteiger charge is 2.04. The Hall–Kier alpha value is -1.55. The molecular weight excluding hydrogens is 314 g/mol. The summed E-state index contributed by atoms with van der Waals surface area (Å²) in [6.45, 7) is 0.684. The molecule has 0 atom stereocenters. The summed E-state index contributed by atoms with van der Waals surface area (Å²) in [4.78, 5) is 22.2. The Morgan fingerprint density at radius 3 is 2.17 bits per heavy atom. The van der Waals surface area contributed by atoms with Crippen molar-refractivity contribution in [2.24, 2.45) is 0 Å². The molecule has 0 bridgehead atoms. The first kappa shape index (κ1) is 19.5. The number of benzene rings is 1. The summed E-state index contributed by atoms with van der Waals surface area (Å²) in [6.07, 6.45) is 8.75. The Labute approximate surface area is 143 Å². The normalized spacial score (nSPS) is 10.5. The first-order chi connectivity index (χ1) is 11.1. The zero-order chi connectivity index (χ0) is 16.9. The number of unbranched alkanes of at least 4 members (excludes halogenated alkanes) is 7. The van der Waals surface area contributed by atoms with Crippen LogP contribution < -0.4 is 5.32 Å². The second kappa shape index (κ2) is 11.9. The van der Waals surface area contributed by atoms with Crippen LogP contribution in [-0.4, -0.2) is 23.5 Å². The van der Waals surface area contributed by atoms with E-state index in [4.69, 9.17) is 16.7 Å². The van der Waals surface area contributed by atoms with Gasteiger partial charge in [-0.25, -0.2) is 0 Å². The van der Waals surface area contributed by atoms with E-state index in [1.165, 1.54) is 6.42 Å². The molecule has 1 aromatic rings. The summed E-state index contributed by atoms with van der Waals surface area (Å²) in [5.41, 5.74) is 0.596. The molecule has 1 aromatic carbocycles. The van der Waals surface area contributed by atoms with Gasteiger partial charge in [0.2, 0.25) is 0 Å². The van der Waals surface area contributed by atoms with Gasteiger partial charge >= 0.3 is 5.97 Å². The first-order valence-electron chi connectivity index (χ1n) is 8.35. The summed E-state index contributed by atoms with van der Waals surface area (Å²) in [5, 5.41) is 12.0. The number of rotatable bonds is 12. The fraction of sp³-hybridized carbons (Fsp3) is 0.556. The predicted molar refractivity (Wildman–Crippen MR) is 93.0 cm³/mol. The molecule has 0 aliphatic heterocycles. The van der Waals surface area contributed by atoms with E-state index >= 15 is 0 Å². The highest BCUT2D eigenvalue weighted by Crippen LogP contribution is 2.11. The molecule has 0 aromatic heterocycles. The van der Waals surface area contributed by atoms with Crippen LogP contribution in [0, 0.1) is 0 Å². The smallest absolute Gasteiger partial charge is 0.303 e. The van der Waals surface area contributed by atoms with Crippen LogP contribution in [0.2, 0.25) is 5.02 Å². The minimum Gasteiger partial charge on any atom is -0.481 e. The molecule has 4 nitrogen and oxygen atoms in total. The predicted octanol–water partition coefficient (Wildman–Crippen LogP) is 4.67. The van der Waals surface area contributed by atoms with Crippen molar-refractivity contribution >= 4 is 23.5 Å². The van der Waals surface area contributed by atoms with Crippen molar-refractivity contribution in [2.75, 3.05) is 6.54 Å². The van der Waals surface area contributed by atoms with Gasteiger partial charge in [0.15, 0.2) is 0 Å². The standard InChI is InChI=1S/C18H26ClNO3/c19-16-11-9-10-15(14-16)18(23)20-13-8-6-4-2-1-3-5-7-12-17(21)22/h9-11,14H,1-8,12-13H2,(H,20,23)(H,21,22). The van der Waals surface area contributed by atoms with E-state index in [9.17, 15) is 9.59 Å². The average molecular weight is 340 g/mol. The van der Waals surface area contributed by atoms with Gasteiger partial charge in [0.1, 0.15) is 0 Å². The second-order valence-corrected chi connectivity index (χ2v) is 6.17. The van der Waals surface area contributed by atoms with Crippen molar-refractivity contribution < 1.29 is 14.7 Å². The lowest BCUT2D eigenvalue weighted by atomic mass is 10.1. The van der Waals surface area contributed by atoms with E-state index in [-0.39, 0.29) is 12.3 Å². The maximum atomic E-state index is 11.9. The number of hydrogen-bond donors (Lipinski definition) is 2. The molecule has 1 amide bonds. The highest BCUT2D eigenvalue weighted by atomic mass is 35.5. The molecule has 0 heterocycles. The summed E-state index contributed by atoms with van der Waals surface area (Å²) >= 11 is 5.86. The van der Waals surface area contributed by atoms with Crippen LogP contribution in [-0.2, 0) is 4.79 Å². The van der Waals surface area contributed by atoms with E-state index in [1.807, 2.05) is 0 Å². The average Bonchev–Trinajstić information content (AvgIpc) is 2.52. The van der Waals surface area contributed by atoms with Gasteiger partial charge in [0.05, 0.1) is 0 Å². The number of amides is 1. The number of carboxylic acids is 1. The number of hydrogen-bond acceptors (Lipinski definition) is 2. The first-order valence-corrected chi connectivity index (χ1v) is 8.73. The molecule has 0 aliphatic rings. The number of aliphatic carboxylic acids is 1. The maximum absolute atomic E-state index is 11.9. The number of carboxylic acid groups (broad SMARTS) is 1. The molecule has 23 heavy (non-hydrogen) atoms. The van der Waals surface area contributed by atoms with E-state index in [2.05, 4.69) is 5.32 Å². The van der Waals surface area contributed by atoms with Crippen LogP contribution in [0.5, 0.6) is 0 Å². The molecule has 0 radical (unpaired) electrons. The molecule has 0 fully saturated rings. The molecule has 0 unspecified atom stereocenters. The fourth-order valence-electron chi connectivity index (χ4n) is 2.40. The van der Waals surface area contributed by atoms with Gasteiger partial charge in [-0.15, -0.1) is 0 Å². The maximum Gasteiger partial charge on any atom is 0.303 e. The van der Waals surface area contributed by atoms with Gasteiger partial charge in [-0.05, 0) is 31.0 Å². The molecule has 128 valence electrons. The lowest BCUT2D eigenvalue weighted by Crippen LogP contribution is -2.24. The lowest BCUT2D eigenvalue weighted by molar-refractivity contribution is -0.137. The van der Waals surface area contributed by atoms with Gasteiger partial charge in [0, 0.05) is 23.6 Å². The Balaban J connectivity index is 1.93. The van der Waals surface area contributed by atoms with Crippen LogP contribution in [0.4, 0.5) is 0 Å². The van der Waals surface area contributed by atoms with Gasteiger partial charge in [-0.2, -0.15) is 0 Å². The van der Waals surface area contributed by atoms with Crippen LogP contribution >= 0.6 is 11.6 Å². The second-order valence-electron chi connectivity index (χ2n) is 5.74. The van der Waals surface area contributed by atoms with Gasteiger partial charge in [0.25, 0.3) is 5.91 Å². The van der Waals surface area contributed by atoms with E-state index < -0.39 is 5.97 Å². The molecule has 0 saturated heterocycles. The highest BCUT2D eigenvalue weighted by molar-refractivity contribution is 6.30. The quantitative estimate of drug-likeness (QED) is 0.544. The summed E-state index contributed by atoms with van der Waals surface area (Å²) < 4.78 is 0. The number of nitrogens with one attached hydrogen (secondary N) is 1. The van der Waals surface area contributed by atoms with Gasteiger partial charge < -0.3 is 10.4 Å². The third kappa shape index (κ3) is 9.95. The molecule has 5 heteroatoms. The molecule has 1 rings (SSSR count). The number of carbonyl (C=O) groups excluding carboxylic acids is 1. The van der Waals surface area contributed by atoms with Crippen LogP contribution in [0.3, 0.4) is 0 Å². The lowest BCUT2D eigenvalue weighted by Gasteiger charge is -2.06. The Morgan fingerprint density at radius 2 is 1.57 bits per heavy atom. The van der Waals surface area contributed by atoms with E-state index in [0.717, 1.165) is 44.9 Å². The molecule has 2 N–H and O–H groups in total. The van der Waals surface area contributed by atoms with Crippen LogP contribution in [0.15, 0.2) is 24.3 Å². The Bertz CT molecular complexity index is 491. The minimum absolute atomic E-state index is 0.0778. The van der Waals surface area contributed by atoms with Gasteiger partial charge in [-0.1, -0.05) is 56.2 Å². The van der Waals surface area contributed by atoms with Gasteiger partial charge in [-0.3, -0.25) is 9.59 Å². The number of carbonyl (C=O) groups is 2. The monoisotopic (exact) mass is 339 g/mol. The largest absolute Gasteiger partial charge is 0.481 e. The van der Waals surface area contributed by atoms with Crippen molar-refractivity contribution in [1.29, 1.82) is 0 Å². The molecule has 0 saturated carbocycles. The Morgan fingerprint density at radius 1 is 0.957 bits per heavy atom. The molecule has 0 aliphatic carbocycles. The van der Waals surface area contributed by atoms with Crippen molar-refractivity contribution in [2.45, 2.75) is 57.8 Å². The topological polar surface area (TPSA) is 66.4 Å². The van der Waals surface area contributed by atoms with E-state index in [0.29, 0.717) is 17.1 Å². The summed E-state index contributed by atoms with van der Waals surface area (Å²) in [7, 11) is 0. The SMILES string of the molecule is O=C(O)CCCCCCCCCCNC(=O)c1cccc(Cl)c1. The molecular formula is C18H26ClNO3. The Kier molecular flexibility index (Phi) is 10.1. The van der Waals surface area contributed by atoms with Crippen molar-refractivity contribution in [3.8, 4) is 0 Å². The number of halogens is 1. The summed E-state index contributed by atoms with van der Waals surface area (Å²) in [5.74, 6) is -0.782. The van der Waals surface area contributed by atoms with Crippen LogP contribution in [0.25, 0.3) is 0 Å². The zero-order valence-corrected chi connectivity index (χ0v) is 14.3. The van der Waals surface area contributed by atoms with E-state index in [1.54, 1.807) is 24.3 Å². The third-order valence-electron chi connectivity index (χ3n) is 3.69. The van der Waals surface area contributed by atoms with Crippen molar-refractivity contribution in [3.05, 3.63) is 34.9 Å². The third-order valence-corrected chi connectivity index (χ3v) is 3.92. The summed E-state index contributed by atoms with van der Waals surface area (Å²) in [6, 6.07) is 6.94. The van der Waals surface area contributed by atoms with Crippen molar-refractivity contribution in [1.82, 2.24) is 5.32 Å². The van der Waals surface area contributed by atoms with Crippen LogP contribution in [0.1, 0.15) is 68.1 Å². The minimum atomic E-state index is -0.704. The zero-order valence-electron chi connectivity index (χ0n) is 13.5. The fourth-order valence-corrected chi connectivity index (χ4v) is 2.59. The molecule has 0 spiro atoms.